The number of rotatable bonds is 8. The maximum absolute atomic E-state index is 14.3. The smallest absolute Gasteiger partial charge is 0.317 e. The Bertz CT molecular complexity index is 1600. The van der Waals surface area contributed by atoms with Crippen LogP contribution in [0.3, 0.4) is 0 Å². The third-order valence-electron chi connectivity index (χ3n) is 10.6. The molecule has 7 nitrogen and oxygen atoms in total. The Balaban J connectivity index is 1.59. The quantitative estimate of drug-likeness (QED) is 0.172. The van der Waals surface area contributed by atoms with E-state index >= 15 is 0 Å². The Hall–Kier alpha value is -3.94. The fourth-order valence-corrected chi connectivity index (χ4v) is 7.75. The molecule has 0 aliphatic heterocycles. The predicted molar refractivity (Wildman–Crippen MR) is 190 cm³/mol. The Labute approximate surface area is 286 Å². The number of aliphatic hydroxyl groups excluding tert-OH is 1. The molecule has 3 N–H and O–H groups in total. The summed E-state index contributed by atoms with van der Waals surface area (Å²) in [6, 6.07) is 22.8. The molecule has 2 amide bonds. The molecule has 0 saturated heterocycles. The normalized spacial score (nSPS) is 24.4. The van der Waals surface area contributed by atoms with Gasteiger partial charge in [0.2, 0.25) is 0 Å². The van der Waals surface area contributed by atoms with Crippen molar-refractivity contribution < 1.29 is 24.5 Å². The van der Waals surface area contributed by atoms with E-state index in [9.17, 15) is 19.8 Å². The molecule has 3 aromatic rings. The largest absolute Gasteiger partial charge is 0.497 e. The minimum absolute atomic E-state index is 0.0524. The first-order valence-corrected chi connectivity index (χ1v) is 17.4. The second-order valence-corrected chi connectivity index (χ2v) is 14.5. The van der Waals surface area contributed by atoms with Gasteiger partial charge in [-0.25, -0.2) is 4.79 Å². The number of hydrogen-bond acceptors (Lipinski definition) is 5. The van der Waals surface area contributed by atoms with Gasteiger partial charge in [0.05, 0.1) is 25.4 Å². The number of nitrogens with zero attached hydrogens (tertiary/aromatic N) is 1. The molecule has 3 aliphatic rings. The van der Waals surface area contributed by atoms with Crippen LogP contribution in [0.15, 0.2) is 84.4 Å². The van der Waals surface area contributed by atoms with Gasteiger partial charge in [0, 0.05) is 29.1 Å². The summed E-state index contributed by atoms with van der Waals surface area (Å²) in [7, 11) is 1.60. The molecule has 3 aliphatic carbocycles. The molecule has 3 aromatic carbocycles. The summed E-state index contributed by atoms with van der Waals surface area (Å²) in [5, 5.41) is 26.8. The highest BCUT2D eigenvalue weighted by Crippen LogP contribution is 2.59. The van der Waals surface area contributed by atoms with Crippen LogP contribution in [-0.2, 0) is 13.0 Å². The van der Waals surface area contributed by atoms with E-state index in [0.717, 1.165) is 29.5 Å². The number of methoxy groups -OCH3 is 1. The predicted octanol–water partition coefficient (Wildman–Crippen LogP) is 7.58. The van der Waals surface area contributed by atoms with Gasteiger partial charge in [-0.3, -0.25) is 4.79 Å². The molecule has 0 radical (unpaired) electrons. The lowest BCUT2D eigenvalue weighted by atomic mass is 9.64. The minimum atomic E-state index is -1.21. The lowest BCUT2D eigenvalue weighted by Gasteiger charge is -2.46. The standard InChI is InChI=1S/C41H52N2O5/c1-28(2)42-39(46)43(26-30-11-7-6-8-12-30)27-41(47)23-21-37-35-20-14-31(24-33(44)17-13-29(3)10-9-22-40(37,41)4)25-36(35)38(45)32-15-18-34(48-5)19-16-32/h6-8,10-12,14-16,18-20,25,28,33,37,44,47H,9,13,17,21-24,26-27H2,1-5H3,(H,42,46). The zero-order valence-electron chi connectivity index (χ0n) is 29.2. The van der Waals surface area contributed by atoms with Crippen molar-refractivity contribution >= 4 is 11.8 Å². The van der Waals surface area contributed by atoms with E-state index in [1.807, 2.05) is 62.4 Å². The monoisotopic (exact) mass is 652 g/mol. The first-order chi connectivity index (χ1) is 22.9. The molecule has 0 spiro atoms. The van der Waals surface area contributed by atoms with E-state index in [1.165, 1.54) is 5.57 Å². The van der Waals surface area contributed by atoms with Crippen molar-refractivity contribution in [3.63, 3.8) is 0 Å². The number of ether oxygens (including phenoxy) is 1. The second kappa shape index (κ2) is 15.1. The lowest BCUT2D eigenvalue weighted by molar-refractivity contribution is -0.0781. The fourth-order valence-electron chi connectivity index (χ4n) is 7.75. The van der Waals surface area contributed by atoms with Gasteiger partial charge in [-0.2, -0.15) is 0 Å². The summed E-state index contributed by atoms with van der Waals surface area (Å²) in [5.74, 6) is 0.449. The van der Waals surface area contributed by atoms with Gasteiger partial charge < -0.3 is 25.2 Å². The molecule has 1 saturated carbocycles. The molecule has 7 heteroatoms. The first-order valence-electron chi connectivity index (χ1n) is 17.4. The molecule has 1 fully saturated rings. The molecule has 256 valence electrons. The van der Waals surface area contributed by atoms with E-state index in [1.54, 1.807) is 36.3 Å². The number of carbonyl (C=O) groups excluding carboxylic acids is 2. The van der Waals surface area contributed by atoms with Crippen molar-refractivity contribution in [2.45, 2.75) is 103 Å². The summed E-state index contributed by atoms with van der Waals surface area (Å²) in [6.07, 6.45) is 6.18. The number of carbonyl (C=O) groups is 2. The zero-order valence-corrected chi connectivity index (χ0v) is 29.2. The first kappa shape index (κ1) is 35.4. The fraction of sp³-hybridized carbons (Fsp3) is 0.463. The van der Waals surface area contributed by atoms with Gasteiger partial charge in [0.15, 0.2) is 5.78 Å². The number of hydrogen-bond donors (Lipinski definition) is 3. The van der Waals surface area contributed by atoms with Crippen molar-refractivity contribution in [2.75, 3.05) is 13.7 Å². The highest BCUT2D eigenvalue weighted by molar-refractivity contribution is 6.10. The number of allylic oxidation sites excluding steroid dienone is 2. The van der Waals surface area contributed by atoms with Gasteiger partial charge in [-0.15, -0.1) is 0 Å². The maximum Gasteiger partial charge on any atom is 0.317 e. The molecule has 4 unspecified atom stereocenters. The van der Waals surface area contributed by atoms with Crippen LogP contribution in [0.2, 0.25) is 0 Å². The van der Waals surface area contributed by atoms with Crippen molar-refractivity contribution in [3.05, 3.63) is 112 Å². The molecule has 6 rings (SSSR count). The van der Waals surface area contributed by atoms with Crippen LogP contribution in [0.1, 0.15) is 105 Å². The topological polar surface area (TPSA) is 99.1 Å². The van der Waals surface area contributed by atoms with Crippen LogP contribution in [0.25, 0.3) is 0 Å². The Morgan fingerprint density at radius 1 is 1.02 bits per heavy atom. The molecule has 2 bridgehead atoms. The van der Waals surface area contributed by atoms with Crippen molar-refractivity contribution in [1.29, 1.82) is 0 Å². The van der Waals surface area contributed by atoms with E-state index in [0.29, 0.717) is 55.5 Å². The van der Waals surface area contributed by atoms with E-state index in [4.69, 9.17) is 4.74 Å². The number of amides is 2. The summed E-state index contributed by atoms with van der Waals surface area (Å²) in [4.78, 5) is 29.7. The van der Waals surface area contributed by atoms with E-state index in [-0.39, 0.29) is 30.3 Å². The molecular weight excluding hydrogens is 600 g/mol. The maximum atomic E-state index is 14.3. The minimum Gasteiger partial charge on any atom is -0.497 e. The molecule has 4 atom stereocenters. The van der Waals surface area contributed by atoms with Crippen molar-refractivity contribution in [1.82, 2.24) is 10.2 Å². The molecule has 48 heavy (non-hydrogen) atoms. The van der Waals surface area contributed by atoms with E-state index in [2.05, 4.69) is 25.2 Å². The highest BCUT2D eigenvalue weighted by Gasteiger charge is 2.57. The number of ketones is 1. The van der Waals surface area contributed by atoms with E-state index < -0.39 is 17.1 Å². The van der Waals surface area contributed by atoms with Crippen LogP contribution in [0.5, 0.6) is 5.75 Å². The summed E-state index contributed by atoms with van der Waals surface area (Å²) in [5.41, 5.74) is 3.33. The molecular formula is C41H52N2O5. The third-order valence-corrected chi connectivity index (χ3v) is 10.6. The number of aliphatic hydroxyl groups is 2. The Kier molecular flexibility index (Phi) is 11.1. The Morgan fingerprint density at radius 2 is 1.75 bits per heavy atom. The number of urea groups is 1. The van der Waals surface area contributed by atoms with Gasteiger partial charge in [-0.1, -0.05) is 61.0 Å². The Morgan fingerprint density at radius 3 is 2.44 bits per heavy atom. The number of benzene rings is 3. The van der Waals surface area contributed by atoms with Crippen LogP contribution >= 0.6 is 0 Å². The second-order valence-electron chi connectivity index (χ2n) is 14.5. The average Bonchev–Trinajstić information content (AvgIpc) is 3.32. The van der Waals surface area contributed by atoms with Crippen LogP contribution < -0.4 is 10.1 Å². The van der Waals surface area contributed by atoms with Gasteiger partial charge in [0.25, 0.3) is 0 Å². The van der Waals surface area contributed by atoms with Gasteiger partial charge in [-0.05, 0) is 119 Å². The third kappa shape index (κ3) is 7.85. The summed E-state index contributed by atoms with van der Waals surface area (Å²) >= 11 is 0. The zero-order chi connectivity index (χ0) is 34.5. The van der Waals surface area contributed by atoms with Gasteiger partial charge in [0.1, 0.15) is 5.75 Å². The lowest BCUT2D eigenvalue weighted by Crippen LogP contribution is -2.55. The number of nitrogens with one attached hydrogen (secondary N) is 1. The van der Waals surface area contributed by atoms with Gasteiger partial charge >= 0.3 is 6.03 Å². The SMILES string of the molecule is COc1ccc(C(=O)c2cc3ccc2C2CCC(O)(CN(Cc4ccccc4)C(=O)NC(C)C)C2(C)CCC=C(C)CCC(O)C3)cc1. The number of fused-ring (bicyclic) bond motifs is 8. The van der Waals surface area contributed by atoms with Crippen LogP contribution in [0.4, 0.5) is 4.79 Å². The molecule has 0 aromatic heterocycles. The van der Waals surface area contributed by atoms with Crippen molar-refractivity contribution in [2.24, 2.45) is 5.41 Å². The average molecular weight is 653 g/mol. The van der Waals surface area contributed by atoms with Crippen LogP contribution in [-0.4, -0.2) is 58.3 Å². The van der Waals surface area contributed by atoms with Crippen LogP contribution in [0, 0.1) is 5.41 Å². The highest BCUT2D eigenvalue weighted by atomic mass is 16.5. The summed E-state index contributed by atoms with van der Waals surface area (Å²) < 4.78 is 5.34. The van der Waals surface area contributed by atoms with Crippen molar-refractivity contribution in [3.8, 4) is 5.75 Å². The molecule has 0 heterocycles. The summed E-state index contributed by atoms with van der Waals surface area (Å²) in [6.45, 7) is 8.69.